The van der Waals surface area contributed by atoms with Crippen LogP contribution < -0.4 is 20.6 Å². The van der Waals surface area contributed by atoms with Crippen LogP contribution in [0.15, 0.2) is 85.2 Å². The highest BCUT2D eigenvalue weighted by molar-refractivity contribution is 5.92. The van der Waals surface area contributed by atoms with Crippen molar-refractivity contribution in [2.75, 3.05) is 49.9 Å². The summed E-state index contributed by atoms with van der Waals surface area (Å²) in [5.74, 6) is 0.451. The predicted octanol–water partition coefficient (Wildman–Crippen LogP) is 5.41. The Labute approximate surface area is 287 Å². The third-order valence-electron chi connectivity index (χ3n) is 9.14. The Morgan fingerprint density at radius 3 is 1.37 bits per heavy atom. The lowest BCUT2D eigenvalue weighted by Crippen LogP contribution is -2.39. The normalized spacial score (nSPS) is 15.8. The van der Waals surface area contributed by atoms with E-state index in [4.69, 9.17) is 0 Å². The van der Waals surface area contributed by atoms with Gasteiger partial charge >= 0.3 is 0 Å². The molecule has 4 aromatic rings. The van der Waals surface area contributed by atoms with Crippen molar-refractivity contribution in [2.24, 2.45) is 0 Å². The average Bonchev–Trinajstić information content (AvgIpc) is 3.10. The Balaban J connectivity index is 0.000000216. The molecule has 0 aliphatic carbocycles. The van der Waals surface area contributed by atoms with Crippen LogP contribution in [0.25, 0.3) is 0 Å². The molecule has 2 aliphatic rings. The number of rotatable bonds is 8. The van der Waals surface area contributed by atoms with Gasteiger partial charge in [-0.05, 0) is 113 Å². The van der Waals surface area contributed by atoms with Gasteiger partial charge in [0, 0.05) is 47.5 Å². The number of piperidine rings is 2. The molecular weight excluding hydrogens is 626 g/mol. The maximum atomic E-state index is 13.3. The van der Waals surface area contributed by atoms with Crippen molar-refractivity contribution < 1.29 is 33.8 Å². The van der Waals surface area contributed by atoms with Crippen molar-refractivity contribution >= 4 is 23.2 Å². The fraction of sp³-hybridized carbons (Fsp3) is 0.368. The first kappa shape index (κ1) is 37.2. The third kappa shape index (κ3) is 11.2. The highest BCUT2D eigenvalue weighted by Crippen LogP contribution is 2.26. The van der Waals surface area contributed by atoms with E-state index in [2.05, 4.69) is 54.7 Å². The Kier molecular flexibility index (Phi) is 13.9. The molecule has 0 unspecified atom stereocenters. The number of aromatic amines is 2. The predicted molar refractivity (Wildman–Crippen MR) is 183 cm³/mol. The maximum Gasteiger partial charge on any atom is 0.238 e. The maximum absolute atomic E-state index is 13.3. The van der Waals surface area contributed by atoms with Gasteiger partial charge in [0.05, 0.1) is 13.1 Å². The number of aryl methyl sites for hydroxylation is 2. The van der Waals surface area contributed by atoms with Gasteiger partial charge in [-0.3, -0.25) is 19.4 Å². The average molecular weight is 673 g/mol. The highest BCUT2D eigenvalue weighted by atomic mass is 19.1. The van der Waals surface area contributed by atoms with Crippen molar-refractivity contribution in [1.82, 2.24) is 9.80 Å². The second-order valence-corrected chi connectivity index (χ2v) is 12.8. The molecule has 2 saturated heterocycles. The lowest BCUT2D eigenvalue weighted by Gasteiger charge is -2.29. The molecule has 2 aromatic carbocycles. The number of hydrogen-bond acceptors (Lipinski definition) is 4. The Hall–Kier alpha value is -4.58. The zero-order chi connectivity index (χ0) is 33.9. The summed E-state index contributed by atoms with van der Waals surface area (Å²) in [6.45, 7) is 7.76. The molecule has 11 heteroatoms. The number of H-pyrrole nitrogens is 2. The van der Waals surface area contributed by atoms with Crippen LogP contribution in [0, 0.1) is 25.5 Å². The molecule has 0 spiro atoms. The first-order valence-electron chi connectivity index (χ1n) is 16.7. The summed E-state index contributed by atoms with van der Waals surface area (Å²) in [4.78, 5) is 35.3. The molecule has 49 heavy (non-hydrogen) atoms. The largest absolute Gasteiger partial charge is 2.00 e. The minimum Gasteiger partial charge on any atom is -2.00 e. The second kappa shape index (κ2) is 18.3. The molecule has 4 heterocycles. The number of anilines is 2. The lowest BCUT2D eigenvalue weighted by molar-refractivity contribution is -0.394. The molecule has 9 nitrogen and oxygen atoms in total. The van der Waals surface area contributed by atoms with Crippen LogP contribution in [0.4, 0.5) is 20.2 Å². The SMILES string of the molecule is Cc1cc(NC(=O)CN2CCC(c3cccc[nH+]3)CC2)ccc1F.Cc1cc(NC(=O)CN2CCC(c3cccc[nH+]3)CC2)ccc1F.[O-2]. The molecular formula is C38H46F2N6O3. The molecule has 260 valence electrons. The van der Waals surface area contributed by atoms with Gasteiger partial charge in [0.15, 0.2) is 23.8 Å². The van der Waals surface area contributed by atoms with Gasteiger partial charge in [-0.25, -0.2) is 18.7 Å². The number of likely N-dealkylation sites (tertiary alicyclic amines) is 2. The summed E-state index contributed by atoms with van der Waals surface area (Å²) in [5.41, 5.74) is 4.90. The van der Waals surface area contributed by atoms with E-state index in [-0.39, 0.29) is 28.9 Å². The Morgan fingerprint density at radius 1 is 0.653 bits per heavy atom. The van der Waals surface area contributed by atoms with E-state index in [0.717, 1.165) is 51.9 Å². The number of carbonyl (C=O) groups excluding carboxylic acids is 2. The molecule has 2 aromatic heterocycles. The minimum absolute atomic E-state index is 0. The molecule has 0 bridgehead atoms. The smallest absolute Gasteiger partial charge is 0.238 e. The number of nitrogens with zero attached hydrogens (tertiary/aromatic N) is 2. The summed E-state index contributed by atoms with van der Waals surface area (Å²) in [7, 11) is 0. The van der Waals surface area contributed by atoms with Gasteiger partial charge in [-0.1, -0.05) is 12.1 Å². The van der Waals surface area contributed by atoms with Crippen molar-refractivity contribution in [2.45, 2.75) is 51.4 Å². The van der Waals surface area contributed by atoms with Crippen molar-refractivity contribution in [3.8, 4) is 0 Å². The van der Waals surface area contributed by atoms with Crippen LogP contribution in [0.5, 0.6) is 0 Å². The van der Waals surface area contributed by atoms with E-state index in [1.54, 1.807) is 38.1 Å². The molecule has 4 N–H and O–H groups in total. The fourth-order valence-electron chi connectivity index (χ4n) is 6.38. The summed E-state index contributed by atoms with van der Waals surface area (Å²) in [5, 5.41) is 5.69. The molecule has 2 aliphatic heterocycles. The zero-order valence-corrected chi connectivity index (χ0v) is 28.2. The first-order valence-corrected chi connectivity index (χ1v) is 16.7. The molecule has 0 radical (unpaired) electrons. The number of hydrogen-bond donors (Lipinski definition) is 2. The number of pyridine rings is 2. The van der Waals surface area contributed by atoms with Crippen molar-refractivity contribution in [1.29, 1.82) is 0 Å². The van der Waals surface area contributed by atoms with Crippen molar-refractivity contribution in [3.63, 3.8) is 0 Å². The monoisotopic (exact) mass is 672 g/mol. The Morgan fingerprint density at radius 2 is 1.04 bits per heavy atom. The number of aromatic nitrogens is 2. The molecule has 2 fully saturated rings. The number of benzene rings is 2. The minimum atomic E-state index is -0.257. The van der Waals surface area contributed by atoms with Gasteiger partial charge in [0.25, 0.3) is 0 Å². The molecule has 0 saturated carbocycles. The standard InChI is InChI=1S/2C19H22FN3O.O/c2*1-14-12-16(5-6-17(14)20)22-19(24)13-23-10-7-15(8-11-23)18-4-2-3-9-21-18;/h2*2-6,9,12,15H,7-8,10-11,13H2,1H3,(H,22,24);/q;;-2/p+2. The lowest BCUT2D eigenvalue weighted by atomic mass is 9.93. The van der Waals surface area contributed by atoms with E-state index in [9.17, 15) is 18.4 Å². The van der Waals surface area contributed by atoms with Crippen LogP contribution in [-0.2, 0) is 15.1 Å². The van der Waals surface area contributed by atoms with Crippen LogP contribution >= 0.6 is 0 Å². The van der Waals surface area contributed by atoms with E-state index in [1.165, 1.54) is 23.5 Å². The van der Waals surface area contributed by atoms with Crippen LogP contribution in [0.2, 0.25) is 0 Å². The van der Waals surface area contributed by atoms with Crippen LogP contribution in [-0.4, -0.2) is 60.9 Å². The van der Waals surface area contributed by atoms with Gasteiger partial charge in [0.2, 0.25) is 11.8 Å². The zero-order valence-electron chi connectivity index (χ0n) is 28.2. The number of nitrogens with one attached hydrogen (secondary N) is 4. The van der Waals surface area contributed by atoms with E-state index < -0.39 is 0 Å². The summed E-state index contributed by atoms with van der Waals surface area (Å²) >= 11 is 0. The Bertz CT molecular complexity index is 1520. The van der Waals surface area contributed by atoms with E-state index in [1.807, 2.05) is 24.5 Å². The van der Waals surface area contributed by atoms with Crippen LogP contribution in [0.3, 0.4) is 0 Å². The second-order valence-electron chi connectivity index (χ2n) is 12.8. The molecule has 0 atom stereocenters. The van der Waals surface area contributed by atoms with E-state index in [0.29, 0.717) is 47.4 Å². The van der Waals surface area contributed by atoms with Crippen molar-refractivity contribution in [3.05, 3.63) is 119 Å². The highest BCUT2D eigenvalue weighted by Gasteiger charge is 2.26. The topological polar surface area (TPSA) is 121 Å². The van der Waals surface area contributed by atoms with Gasteiger partial charge < -0.3 is 16.1 Å². The van der Waals surface area contributed by atoms with Gasteiger partial charge in [0.1, 0.15) is 11.6 Å². The number of halogens is 2. The summed E-state index contributed by atoms with van der Waals surface area (Å²) in [6, 6.07) is 21.6. The van der Waals surface area contributed by atoms with Gasteiger partial charge in [-0.2, -0.15) is 0 Å². The summed E-state index contributed by atoms with van der Waals surface area (Å²) in [6.07, 6.45) is 8.10. The fourth-order valence-corrected chi connectivity index (χ4v) is 6.38. The van der Waals surface area contributed by atoms with Crippen LogP contribution in [0.1, 0.15) is 60.0 Å². The van der Waals surface area contributed by atoms with Gasteiger partial charge in [-0.15, -0.1) is 0 Å². The molecule has 2 amide bonds. The number of carbonyl (C=O) groups is 2. The number of amides is 2. The quantitative estimate of drug-likeness (QED) is 0.260. The molecule has 6 rings (SSSR count). The summed E-state index contributed by atoms with van der Waals surface area (Å²) < 4.78 is 26.5. The third-order valence-corrected chi connectivity index (χ3v) is 9.14. The first-order chi connectivity index (χ1) is 23.2. The van der Waals surface area contributed by atoms with E-state index >= 15 is 0 Å².